The molecule has 0 aliphatic heterocycles. The van der Waals surface area contributed by atoms with Gasteiger partial charge >= 0.3 is 0 Å². The van der Waals surface area contributed by atoms with E-state index in [2.05, 4.69) is 0 Å². The molecule has 2 aromatic rings. The van der Waals surface area contributed by atoms with Gasteiger partial charge in [0.1, 0.15) is 11.6 Å². The molecule has 0 aliphatic rings. The van der Waals surface area contributed by atoms with Crippen molar-refractivity contribution in [3.63, 3.8) is 0 Å². The lowest BCUT2D eigenvalue weighted by atomic mass is 9.89. The maximum atomic E-state index is 13.9. The third-order valence-electron chi connectivity index (χ3n) is 3.26. The van der Waals surface area contributed by atoms with Crippen molar-refractivity contribution in [3.8, 4) is 5.75 Å². The van der Waals surface area contributed by atoms with Crippen LogP contribution < -0.4 is 4.74 Å². The quantitative estimate of drug-likeness (QED) is 0.925. The van der Waals surface area contributed by atoms with Crippen molar-refractivity contribution in [2.24, 2.45) is 0 Å². The smallest absolute Gasteiger partial charge is 0.145 e. The zero-order valence-electron chi connectivity index (χ0n) is 11.4. The summed E-state index contributed by atoms with van der Waals surface area (Å²) < 4.78 is 19.1. The summed E-state index contributed by atoms with van der Waals surface area (Å²) in [6, 6.07) is 11.9. The Hall–Kier alpha value is -1.58. The van der Waals surface area contributed by atoms with Gasteiger partial charge in [0.25, 0.3) is 0 Å². The summed E-state index contributed by atoms with van der Waals surface area (Å²) >= 11 is 5.76. The van der Waals surface area contributed by atoms with Gasteiger partial charge in [-0.15, -0.1) is 0 Å². The van der Waals surface area contributed by atoms with Gasteiger partial charge in [0, 0.05) is 6.42 Å². The second kappa shape index (κ2) is 5.81. The molecule has 1 atom stereocenters. The Morgan fingerprint density at radius 1 is 1.25 bits per heavy atom. The fourth-order valence-electron chi connectivity index (χ4n) is 2.12. The molecule has 0 spiro atoms. The fraction of sp³-hybridized carbons (Fsp3) is 0.250. The molecule has 4 heteroatoms. The van der Waals surface area contributed by atoms with Crippen molar-refractivity contribution < 1.29 is 14.2 Å². The van der Waals surface area contributed by atoms with E-state index < -0.39 is 11.4 Å². The van der Waals surface area contributed by atoms with Gasteiger partial charge in [-0.3, -0.25) is 0 Å². The molecular weight excluding hydrogens is 279 g/mol. The highest BCUT2D eigenvalue weighted by Crippen LogP contribution is 2.30. The third-order valence-corrected chi connectivity index (χ3v) is 3.55. The zero-order chi connectivity index (χ0) is 14.8. The molecule has 0 aromatic heterocycles. The van der Waals surface area contributed by atoms with E-state index in [1.165, 1.54) is 6.07 Å². The van der Waals surface area contributed by atoms with Crippen LogP contribution in [0.4, 0.5) is 4.39 Å². The summed E-state index contributed by atoms with van der Waals surface area (Å²) in [7, 11) is 1.56. The Morgan fingerprint density at radius 2 is 1.95 bits per heavy atom. The first kappa shape index (κ1) is 14.8. The van der Waals surface area contributed by atoms with Crippen molar-refractivity contribution in [1.29, 1.82) is 0 Å². The van der Waals surface area contributed by atoms with Gasteiger partial charge in [0.2, 0.25) is 0 Å². The highest BCUT2D eigenvalue weighted by Gasteiger charge is 2.26. The first-order valence-corrected chi connectivity index (χ1v) is 6.61. The maximum Gasteiger partial charge on any atom is 0.145 e. The minimum Gasteiger partial charge on any atom is -0.497 e. The molecule has 0 fully saturated rings. The number of hydrogen-bond donors (Lipinski definition) is 1. The number of rotatable bonds is 4. The largest absolute Gasteiger partial charge is 0.497 e. The van der Waals surface area contributed by atoms with Crippen molar-refractivity contribution in [1.82, 2.24) is 0 Å². The lowest BCUT2D eigenvalue weighted by Gasteiger charge is -2.24. The Morgan fingerprint density at radius 3 is 2.65 bits per heavy atom. The number of halogens is 2. The molecule has 2 nitrogen and oxygen atoms in total. The lowest BCUT2D eigenvalue weighted by molar-refractivity contribution is 0.0565. The van der Waals surface area contributed by atoms with E-state index in [-0.39, 0.29) is 11.4 Å². The molecule has 1 unspecified atom stereocenters. The van der Waals surface area contributed by atoms with E-state index in [9.17, 15) is 9.50 Å². The van der Waals surface area contributed by atoms with Gasteiger partial charge in [0.05, 0.1) is 17.7 Å². The molecule has 1 N–H and O–H groups in total. The van der Waals surface area contributed by atoms with Gasteiger partial charge in [-0.2, -0.15) is 0 Å². The summed E-state index contributed by atoms with van der Waals surface area (Å²) in [5.41, 5.74) is -0.165. The summed E-state index contributed by atoms with van der Waals surface area (Å²) in [5.74, 6) is 0.159. The second-order valence-electron chi connectivity index (χ2n) is 4.90. The van der Waals surface area contributed by atoms with Gasteiger partial charge in [-0.25, -0.2) is 4.39 Å². The highest BCUT2D eigenvalue weighted by molar-refractivity contribution is 6.30. The van der Waals surface area contributed by atoms with Gasteiger partial charge < -0.3 is 9.84 Å². The number of ether oxygens (including phenoxy) is 1. The van der Waals surface area contributed by atoms with Crippen LogP contribution >= 0.6 is 11.6 Å². The van der Waals surface area contributed by atoms with Crippen LogP contribution in [-0.2, 0) is 12.0 Å². The van der Waals surface area contributed by atoms with Crippen LogP contribution in [-0.4, -0.2) is 12.2 Å². The zero-order valence-corrected chi connectivity index (χ0v) is 12.1. The Labute approximate surface area is 122 Å². The number of methoxy groups -OCH3 is 1. The number of benzene rings is 2. The Kier molecular flexibility index (Phi) is 4.31. The molecule has 0 bridgehead atoms. The molecule has 0 saturated carbocycles. The average molecular weight is 295 g/mol. The van der Waals surface area contributed by atoms with E-state index in [0.717, 1.165) is 0 Å². The normalized spacial score (nSPS) is 13.8. The maximum absolute atomic E-state index is 13.9. The molecule has 0 radical (unpaired) electrons. The van der Waals surface area contributed by atoms with Crippen molar-refractivity contribution in [3.05, 3.63) is 64.4 Å². The summed E-state index contributed by atoms with van der Waals surface area (Å²) in [4.78, 5) is 0. The predicted molar refractivity (Wildman–Crippen MR) is 77.7 cm³/mol. The third kappa shape index (κ3) is 3.11. The number of aliphatic hydroxyl groups is 1. The van der Waals surface area contributed by atoms with Crippen molar-refractivity contribution in [2.45, 2.75) is 18.9 Å². The first-order valence-electron chi connectivity index (χ1n) is 6.24. The number of hydrogen-bond acceptors (Lipinski definition) is 2. The predicted octanol–water partition coefficient (Wildman–Crippen LogP) is 3.94. The van der Waals surface area contributed by atoms with Gasteiger partial charge in [-0.05, 0) is 36.2 Å². The molecular formula is C16H16ClFO2. The molecule has 0 heterocycles. The van der Waals surface area contributed by atoms with Crippen molar-refractivity contribution >= 4 is 11.6 Å². The van der Waals surface area contributed by atoms with Crippen LogP contribution in [0.5, 0.6) is 5.75 Å². The standard InChI is InChI=1S/C16H16ClFO2/c1-16(19,12-6-4-7-13(9-12)20-2)10-11-5-3-8-14(17)15(11)18/h3-9,19H,10H2,1-2H3. The van der Waals surface area contributed by atoms with Crippen LogP contribution in [0, 0.1) is 5.82 Å². The summed E-state index contributed by atoms with van der Waals surface area (Å²) in [6.45, 7) is 1.64. The van der Waals surface area contributed by atoms with E-state index in [0.29, 0.717) is 16.9 Å². The molecule has 106 valence electrons. The average Bonchev–Trinajstić information content (AvgIpc) is 2.44. The van der Waals surface area contributed by atoms with Crippen LogP contribution in [0.3, 0.4) is 0 Å². The SMILES string of the molecule is COc1cccc(C(C)(O)Cc2cccc(Cl)c2F)c1. The monoisotopic (exact) mass is 294 g/mol. The molecule has 0 aliphatic carbocycles. The molecule has 2 rings (SSSR count). The minimum atomic E-state index is -1.21. The summed E-state index contributed by atoms with van der Waals surface area (Å²) in [6.07, 6.45) is 0.132. The molecule has 2 aromatic carbocycles. The molecule has 0 saturated heterocycles. The Balaban J connectivity index is 2.32. The van der Waals surface area contributed by atoms with E-state index in [1.54, 1.807) is 50.4 Å². The van der Waals surface area contributed by atoms with E-state index in [1.807, 2.05) is 0 Å². The minimum absolute atomic E-state index is 0.0592. The molecule has 20 heavy (non-hydrogen) atoms. The highest BCUT2D eigenvalue weighted by atomic mass is 35.5. The van der Waals surface area contributed by atoms with Crippen LogP contribution in [0.1, 0.15) is 18.1 Å². The summed E-state index contributed by atoms with van der Waals surface area (Å²) in [5, 5.41) is 10.7. The van der Waals surface area contributed by atoms with Gasteiger partial charge in [0.15, 0.2) is 0 Å². The fourth-order valence-corrected chi connectivity index (χ4v) is 2.31. The van der Waals surface area contributed by atoms with Crippen LogP contribution in [0.15, 0.2) is 42.5 Å². The van der Waals surface area contributed by atoms with Crippen molar-refractivity contribution in [2.75, 3.05) is 7.11 Å². The topological polar surface area (TPSA) is 29.5 Å². The van der Waals surface area contributed by atoms with Crippen LogP contribution in [0.2, 0.25) is 5.02 Å². The van der Waals surface area contributed by atoms with E-state index >= 15 is 0 Å². The van der Waals surface area contributed by atoms with E-state index in [4.69, 9.17) is 16.3 Å². The Bertz CT molecular complexity index is 611. The second-order valence-corrected chi connectivity index (χ2v) is 5.30. The lowest BCUT2D eigenvalue weighted by Crippen LogP contribution is -2.24. The first-order chi connectivity index (χ1) is 9.44. The molecule has 0 amide bonds. The van der Waals surface area contributed by atoms with Gasteiger partial charge in [-0.1, -0.05) is 35.9 Å². The van der Waals surface area contributed by atoms with Crippen LogP contribution in [0.25, 0.3) is 0 Å².